The van der Waals surface area contributed by atoms with Crippen LogP contribution in [0, 0.1) is 0 Å². The van der Waals surface area contributed by atoms with E-state index in [1.54, 1.807) is 4.23 Å². The zero-order valence-corrected chi connectivity index (χ0v) is 10.4. The van der Waals surface area contributed by atoms with Crippen LogP contribution in [0.4, 0.5) is 0 Å². The van der Waals surface area contributed by atoms with E-state index >= 15 is 0 Å². The number of rotatable bonds is 4. The second kappa shape index (κ2) is 6.11. The van der Waals surface area contributed by atoms with Crippen molar-refractivity contribution < 1.29 is 0 Å². The summed E-state index contributed by atoms with van der Waals surface area (Å²) in [4.78, 5) is 0. The van der Waals surface area contributed by atoms with Crippen molar-refractivity contribution in [1.29, 1.82) is 0 Å². The minimum Gasteiger partial charge on any atom is -0.297 e. The standard InChI is InChI=1S/C3H7Cl4NSi2/c1-2-3-8(9(4)5)10(6)7/h2-3H2,1H3. The zero-order valence-electron chi connectivity index (χ0n) is 5.37. The van der Waals surface area contributed by atoms with Crippen molar-refractivity contribution in [3.05, 3.63) is 0 Å². The first kappa shape index (κ1) is 11.6. The summed E-state index contributed by atoms with van der Waals surface area (Å²) in [5.74, 6) is 0. The minimum atomic E-state index is -1.48. The number of hydrogen-bond acceptors (Lipinski definition) is 1. The van der Waals surface area contributed by atoms with Gasteiger partial charge in [0, 0.05) is 0 Å². The van der Waals surface area contributed by atoms with E-state index in [0.717, 1.165) is 13.0 Å². The van der Waals surface area contributed by atoms with Crippen LogP contribution in [0.3, 0.4) is 0 Å². The van der Waals surface area contributed by atoms with Crippen molar-refractivity contribution in [2.75, 3.05) is 6.54 Å². The molecule has 0 heterocycles. The summed E-state index contributed by atoms with van der Waals surface area (Å²) in [7, 11) is -2.95. The van der Waals surface area contributed by atoms with Gasteiger partial charge in [0.2, 0.25) is 0 Å². The van der Waals surface area contributed by atoms with E-state index < -0.39 is 15.2 Å². The maximum atomic E-state index is 5.67. The normalized spacial score (nSPS) is 12.0. The molecule has 0 N–H and O–H groups in total. The van der Waals surface area contributed by atoms with Crippen molar-refractivity contribution >= 4 is 59.5 Å². The van der Waals surface area contributed by atoms with Crippen LogP contribution < -0.4 is 0 Å². The van der Waals surface area contributed by atoms with E-state index in [1.807, 2.05) is 6.92 Å². The summed E-state index contributed by atoms with van der Waals surface area (Å²) < 4.78 is 1.78. The summed E-state index contributed by atoms with van der Waals surface area (Å²) in [6.45, 7) is 2.83. The largest absolute Gasteiger partial charge is 0.355 e. The van der Waals surface area contributed by atoms with Gasteiger partial charge in [-0.1, -0.05) is 6.92 Å². The molecule has 0 saturated heterocycles. The molecule has 0 atom stereocenters. The average Bonchev–Trinajstić information content (AvgIpc) is 1.81. The number of hydrogen-bond donors (Lipinski definition) is 0. The van der Waals surface area contributed by atoms with Gasteiger partial charge in [-0.15, -0.1) is 44.3 Å². The van der Waals surface area contributed by atoms with Crippen LogP contribution in [0.5, 0.6) is 0 Å². The first-order valence-corrected chi connectivity index (χ1v) is 9.67. The molecule has 0 amide bonds. The molecule has 0 spiro atoms. The Kier molecular flexibility index (Phi) is 7.06. The quantitative estimate of drug-likeness (QED) is 0.551. The Labute approximate surface area is 83.4 Å². The maximum Gasteiger partial charge on any atom is 0.355 e. The van der Waals surface area contributed by atoms with Crippen LogP contribution in [-0.4, -0.2) is 25.9 Å². The molecule has 10 heavy (non-hydrogen) atoms. The van der Waals surface area contributed by atoms with Gasteiger partial charge in [-0.05, 0) is 13.0 Å². The number of nitrogens with zero attached hydrogens (tertiary/aromatic N) is 1. The molecule has 1 nitrogen and oxygen atoms in total. The minimum absolute atomic E-state index is 0.794. The van der Waals surface area contributed by atoms with Gasteiger partial charge in [0.25, 0.3) is 0 Å². The fraction of sp³-hybridized carbons (Fsp3) is 1.00. The van der Waals surface area contributed by atoms with Crippen molar-refractivity contribution in [2.45, 2.75) is 13.3 Å². The Morgan fingerprint density at radius 3 is 1.60 bits per heavy atom. The van der Waals surface area contributed by atoms with E-state index in [1.165, 1.54) is 0 Å². The van der Waals surface area contributed by atoms with Crippen molar-refractivity contribution in [2.24, 2.45) is 0 Å². The van der Waals surface area contributed by atoms with Gasteiger partial charge in [-0.3, -0.25) is 4.23 Å². The zero-order chi connectivity index (χ0) is 8.15. The molecular formula is C3H7Cl4NSi2. The molecule has 7 heteroatoms. The predicted molar refractivity (Wildman–Crippen MR) is 51.9 cm³/mol. The van der Waals surface area contributed by atoms with E-state index in [-0.39, 0.29) is 0 Å². The van der Waals surface area contributed by atoms with Crippen LogP contribution in [0.25, 0.3) is 0 Å². The molecule has 0 aliphatic rings. The highest BCUT2D eigenvalue weighted by molar-refractivity contribution is 7.42. The summed E-state index contributed by atoms with van der Waals surface area (Å²) in [5, 5.41) is 0. The smallest absolute Gasteiger partial charge is 0.297 e. The van der Waals surface area contributed by atoms with Crippen molar-refractivity contribution in [3.63, 3.8) is 0 Å². The van der Waals surface area contributed by atoms with Crippen LogP contribution in [0.1, 0.15) is 13.3 Å². The van der Waals surface area contributed by atoms with Gasteiger partial charge in [-0.25, -0.2) is 0 Å². The van der Waals surface area contributed by atoms with Gasteiger partial charge >= 0.3 is 15.2 Å². The highest BCUT2D eigenvalue weighted by Crippen LogP contribution is 2.12. The van der Waals surface area contributed by atoms with E-state index in [2.05, 4.69) is 0 Å². The molecule has 0 aromatic carbocycles. The second-order valence-electron chi connectivity index (χ2n) is 1.63. The monoisotopic (exact) mass is 253 g/mol. The molecule has 0 aliphatic carbocycles. The van der Waals surface area contributed by atoms with Gasteiger partial charge in [0.1, 0.15) is 0 Å². The van der Waals surface area contributed by atoms with E-state index in [4.69, 9.17) is 44.3 Å². The average molecular weight is 255 g/mol. The summed E-state index contributed by atoms with van der Waals surface area (Å²) in [5.41, 5.74) is 0. The topological polar surface area (TPSA) is 3.24 Å². The molecule has 0 fully saturated rings. The Hall–Kier alpha value is 1.55. The molecule has 0 saturated carbocycles. The lowest BCUT2D eigenvalue weighted by Crippen LogP contribution is -2.38. The summed E-state index contributed by atoms with van der Waals surface area (Å²) >= 11 is 22.7. The lowest BCUT2D eigenvalue weighted by Gasteiger charge is -2.19. The molecule has 0 bridgehead atoms. The molecule has 60 valence electrons. The lowest BCUT2D eigenvalue weighted by molar-refractivity contribution is 0.660. The molecule has 0 aromatic heterocycles. The van der Waals surface area contributed by atoms with Crippen LogP contribution in [-0.2, 0) is 0 Å². The molecule has 0 rings (SSSR count). The van der Waals surface area contributed by atoms with Crippen LogP contribution in [0.15, 0.2) is 0 Å². The third-order valence-electron chi connectivity index (χ3n) is 0.855. The Balaban J connectivity index is 3.73. The van der Waals surface area contributed by atoms with Gasteiger partial charge in [0.15, 0.2) is 0 Å². The van der Waals surface area contributed by atoms with Crippen LogP contribution >= 0.6 is 44.3 Å². The molecule has 2 radical (unpaired) electrons. The van der Waals surface area contributed by atoms with Gasteiger partial charge in [-0.2, -0.15) is 0 Å². The second-order valence-corrected chi connectivity index (χ2v) is 9.58. The predicted octanol–water partition coefficient (Wildman–Crippen LogP) is 2.62. The maximum absolute atomic E-state index is 5.67. The SMILES string of the molecule is CCCN([Si](Cl)Cl)[Si](Cl)Cl. The van der Waals surface area contributed by atoms with Crippen LogP contribution in [0.2, 0.25) is 0 Å². The van der Waals surface area contributed by atoms with Crippen molar-refractivity contribution in [3.8, 4) is 0 Å². The lowest BCUT2D eigenvalue weighted by atomic mass is 10.5. The first-order valence-electron chi connectivity index (χ1n) is 2.73. The third-order valence-corrected chi connectivity index (χ3v) is 7.61. The van der Waals surface area contributed by atoms with E-state index in [9.17, 15) is 0 Å². The number of halogens is 4. The highest BCUT2D eigenvalue weighted by atomic mass is 35.7. The van der Waals surface area contributed by atoms with E-state index in [0.29, 0.717) is 0 Å². The Morgan fingerprint density at radius 2 is 1.50 bits per heavy atom. The fourth-order valence-corrected chi connectivity index (χ4v) is 7.37. The van der Waals surface area contributed by atoms with Gasteiger partial charge in [0.05, 0.1) is 0 Å². The molecule has 0 aliphatic heterocycles. The third kappa shape index (κ3) is 4.44. The molecule has 0 aromatic rings. The molecule has 0 unspecified atom stereocenters. The summed E-state index contributed by atoms with van der Waals surface area (Å²) in [6, 6.07) is 0. The summed E-state index contributed by atoms with van der Waals surface area (Å²) in [6.07, 6.45) is 0.973. The first-order chi connectivity index (χ1) is 4.59. The fourth-order valence-electron chi connectivity index (χ4n) is 0.457. The Morgan fingerprint density at radius 1 is 1.10 bits per heavy atom. The molecular weight excluding hydrogens is 248 g/mol. The Bertz CT molecular complexity index is 82.6. The van der Waals surface area contributed by atoms with Crippen molar-refractivity contribution in [1.82, 2.24) is 4.23 Å². The highest BCUT2D eigenvalue weighted by Gasteiger charge is 2.24. The van der Waals surface area contributed by atoms with Gasteiger partial charge < -0.3 is 0 Å².